The van der Waals surface area contributed by atoms with Crippen LogP contribution in [-0.2, 0) is 16.0 Å². The Kier molecular flexibility index (Phi) is 7.87. The number of nitrogens with zero attached hydrogens (tertiary/aromatic N) is 4. The molecule has 0 atom stereocenters. The second-order valence-corrected chi connectivity index (χ2v) is 8.30. The van der Waals surface area contributed by atoms with Crippen molar-refractivity contribution in [2.24, 2.45) is 4.99 Å². The lowest BCUT2D eigenvalue weighted by molar-refractivity contribution is 0.0523. The average Bonchev–Trinajstić information content (AvgIpc) is 2.92. The van der Waals surface area contributed by atoms with Gasteiger partial charge in [-0.25, -0.2) is 9.78 Å². The van der Waals surface area contributed by atoms with Gasteiger partial charge >= 0.3 is 5.97 Å². The van der Waals surface area contributed by atoms with E-state index in [0.29, 0.717) is 17.1 Å². The fourth-order valence-corrected chi connectivity index (χ4v) is 4.05. The summed E-state index contributed by atoms with van der Waals surface area (Å²) in [7, 11) is 4.46. The van der Waals surface area contributed by atoms with Crippen molar-refractivity contribution in [3.8, 4) is 11.5 Å². The first-order valence-electron chi connectivity index (χ1n) is 11.9. The molecule has 3 aromatic heterocycles. The summed E-state index contributed by atoms with van der Waals surface area (Å²) in [6, 6.07) is 9.61. The molecule has 38 heavy (non-hydrogen) atoms. The van der Waals surface area contributed by atoms with E-state index in [9.17, 15) is 14.4 Å². The minimum atomic E-state index is -0.732. The lowest BCUT2D eigenvalue weighted by atomic mass is 10.1. The summed E-state index contributed by atoms with van der Waals surface area (Å²) in [6.45, 7) is 3.94. The molecule has 0 radical (unpaired) electrons. The van der Waals surface area contributed by atoms with E-state index in [1.807, 2.05) is 13.0 Å². The third-order valence-electron chi connectivity index (χ3n) is 5.93. The van der Waals surface area contributed by atoms with Crippen LogP contribution in [-0.4, -0.2) is 60.4 Å². The van der Waals surface area contributed by atoms with E-state index in [4.69, 9.17) is 23.9 Å². The summed E-state index contributed by atoms with van der Waals surface area (Å²) in [5, 5.41) is 0.168. The molecule has 0 aliphatic carbocycles. The number of pyridine rings is 2. The first-order valence-corrected chi connectivity index (χ1v) is 11.9. The zero-order chi connectivity index (χ0) is 27.4. The van der Waals surface area contributed by atoms with Crippen molar-refractivity contribution in [3.05, 3.63) is 75.1 Å². The number of hydrogen-bond donors (Lipinski definition) is 0. The molecule has 1 amide bonds. The van der Waals surface area contributed by atoms with Crippen molar-refractivity contribution < 1.29 is 28.5 Å². The van der Waals surface area contributed by atoms with Crippen LogP contribution in [0.5, 0.6) is 11.5 Å². The van der Waals surface area contributed by atoms with Crippen molar-refractivity contribution in [1.82, 2.24) is 14.0 Å². The fourth-order valence-electron chi connectivity index (χ4n) is 4.05. The van der Waals surface area contributed by atoms with Crippen molar-refractivity contribution >= 4 is 28.6 Å². The summed E-state index contributed by atoms with van der Waals surface area (Å²) < 4.78 is 24.0. The van der Waals surface area contributed by atoms with Gasteiger partial charge in [-0.15, -0.1) is 0 Å². The van der Waals surface area contributed by atoms with E-state index >= 15 is 0 Å². The molecule has 4 rings (SSSR count). The maximum Gasteiger partial charge on any atom is 0.341 e. The van der Waals surface area contributed by atoms with E-state index in [0.717, 1.165) is 5.56 Å². The van der Waals surface area contributed by atoms with E-state index in [2.05, 4.69) is 4.99 Å². The molecule has 0 spiro atoms. The quantitative estimate of drug-likeness (QED) is 0.257. The molecular weight excluding hydrogens is 492 g/mol. The predicted molar refractivity (Wildman–Crippen MR) is 139 cm³/mol. The number of amides is 1. The Bertz CT molecular complexity index is 1650. The lowest BCUT2D eigenvalue weighted by Crippen LogP contribution is -2.33. The Morgan fingerprint density at radius 1 is 1.03 bits per heavy atom. The van der Waals surface area contributed by atoms with Gasteiger partial charge in [0.25, 0.3) is 11.5 Å². The summed E-state index contributed by atoms with van der Waals surface area (Å²) in [5.41, 5.74) is 1.21. The highest BCUT2D eigenvalue weighted by molar-refractivity contribution is 5.97. The van der Waals surface area contributed by atoms with Crippen LogP contribution in [0.2, 0.25) is 0 Å². The molecule has 0 aliphatic rings. The Morgan fingerprint density at radius 3 is 2.37 bits per heavy atom. The first kappa shape index (κ1) is 26.6. The van der Waals surface area contributed by atoms with Gasteiger partial charge in [-0.2, -0.15) is 4.99 Å². The number of methoxy groups -OCH3 is 3. The Morgan fingerprint density at radius 2 is 1.74 bits per heavy atom. The summed E-state index contributed by atoms with van der Waals surface area (Å²) in [4.78, 5) is 49.1. The van der Waals surface area contributed by atoms with Gasteiger partial charge in [0.1, 0.15) is 28.4 Å². The van der Waals surface area contributed by atoms with Gasteiger partial charge in [-0.1, -0.05) is 6.07 Å². The van der Waals surface area contributed by atoms with Crippen LogP contribution in [0.25, 0.3) is 16.7 Å². The number of benzene rings is 1. The van der Waals surface area contributed by atoms with Crippen molar-refractivity contribution in [3.63, 3.8) is 0 Å². The molecule has 0 saturated heterocycles. The monoisotopic (exact) mass is 520 g/mol. The number of esters is 1. The number of rotatable bonds is 8. The molecule has 11 heteroatoms. The van der Waals surface area contributed by atoms with Crippen molar-refractivity contribution in [2.75, 3.05) is 34.5 Å². The molecule has 198 valence electrons. The standard InChI is InChI=1S/C27H28N4O7/c1-6-38-27(34)21-15-20-23(28-22-16(2)8-7-9-31(22)26(20)33)30(10-11-35-3)24(21)29-25(32)17-12-18(36-4)14-19(13-17)37-5/h7-9,12-15H,6,10-11H2,1-5H3. The largest absolute Gasteiger partial charge is 0.497 e. The van der Waals surface area contributed by atoms with Crippen LogP contribution in [0, 0.1) is 6.92 Å². The van der Waals surface area contributed by atoms with Gasteiger partial charge < -0.3 is 23.5 Å². The maximum absolute atomic E-state index is 13.5. The van der Waals surface area contributed by atoms with E-state index in [-0.39, 0.29) is 53.0 Å². The second kappa shape index (κ2) is 11.3. The van der Waals surface area contributed by atoms with Crippen LogP contribution in [0.15, 0.2) is 52.4 Å². The van der Waals surface area contributed by atoms with E-state index in [1.54, 1.807) is 25.3 Å². The molecule has 0 saturated carbocycles. The minimum Gasteiger partial charge on any atom is -0.497 e. The highest BCUT2D eigenvalue weighted by Crippen LogP contribution is 2.23. The first-order chi connectivity index (χ1) is 18.3. The fraction of sp³-hybridized carbons (Fsp3) is 0.296. The average molecular weight is 521 g/mol. The highest BCUT2D eigenvalue weighted by Gasteiger charge is 2.21. The van der Waals surface area contributed by atoms with Gasteiger partial charge in [-0.05, 0) is 43.7 Å². The van der Waals surface area contributed by atoms with Gasteiger partial charge in [-0.3, -0.25) is 14.0 Å². The Hall–Kier alpha value is -4.51. The smallest absolute Gasteiger partial charge is 0.341 e. The minimum absolute atomic E-state index is 0.00961. The van der Waals surface area contributed by atoms with Crippen LogP contribution in [0.4, 0.5) is 0 Å². The molecule has 11 nitrogen and oxygen atoms in total. The van der Waals surface area contributed by atoms with Gasteiger partial charge in [0.15, 0.2) is 5.49 Å². The number of aromatic nitrogens is 3. The number of hydrogen-bond acceptors (Lipinski definition) is 8. The number of aryl methyl sites for hydroxylation is 1. The molecule has 4 aromatic rings. The topological polar surface area (TPSA) is 123 Å². The summed E-state index contributed by atoms with van der Waals surface area (Å²) in [6.07, 6.45) is 1.61. The van der Waals surface area contributed by atoms with Crippen LogP contribution >= 0.6 is 0 Å². The second-order valence-electron chi connectivity index (χ2n) is 8.30. The highest BCUT2D eigenvalue weighted by atomic mass is 16.5. The zero-order valence-electron chi connectivity index (χ0n) is 21.8. The van der Waals surface area contributed by atoms with Crippen molar-refractivity contribution in [2.45, 2.75) is 20.4 Å². The third kappa shape index (κ3) is 5.00. The van der Waals surface area contributed by atoms with E-state index < -0.39 is 11.9 Å². The zero-order valence-corrected chi connectivity index (χ0v) is 21.8. The summed E-state index contributed by atoms with van der Waals surface area (Å²) in [5.74, 6) is -0.595. The van der Waals surface area contributed by atoms with Crippen LogP contribution in [0.3, 0.4) is 0 Å². The van der Waals surface area contributed by atoms with Gasteiger partial charge in [0, 0.05) is 31.5 Å². The van der Waals surface area contributed by atoms with Gasteiger partial charge in [0.05, 0.1) is 32.8 Å². The summed E-state index contributed by atoms with van der Waals surface area (Å²) >= 11 is 0. The predicted octanol–water partition coefficient (Wildman–Crippen LogP) is 2.54. The van der Waals surface area contributed by atoms with Crippen molar-refractivity contribution in [1.29, 1.82) is 0 Å². The molecule has 0 bridgehead atoms. The molecular formula is C27H28N4O7. The molecule has 0 unspecified atom stereocenters. The lowest BCUT2D eigenvalue weighted by Gasteiger charge is -2.15. The molecule has 0 aliphatic heterocycles. The van der Waals surface area contributed by atoms with Crippen LogP contribution < -0.4 is 20.5 Å². The Balaban J connectivity index is 2.11. The Labute approximate surface area is 217 Å². The van der Waals surface area contributed by atoms with Gasteiger partial charge in [0.2, 0.25) is 0 Å². The third-order valence-corrected chi connectivity index (χ3v) is 5.93. The van der Waals surface area contributed by atoms with Crippen LogP contribution in [0.1, 0.15) is 33.2 Å². The number of fused-ring (bicyclic) bond motifs is 2. The SMILES string of the molecule is CCOC(=O)c1cc2c(=O)n3cccc(C)c3nc2n(CCOC)c1=NC(=O)c1cc(OC)cc(OC)c1. The number of ether oxygens (including phenoxy) is 4. The molecule has 1 aromatic carbocycles. The molecule has 3 heterocycles. The van der Waals surface area contributed by atoms with E-state index in [1.165, 1.54) is 48.5 Å². The molecule has 0 N–H and O–H groups in total. The molecule has 0 fully saturated rings. The maximum atomic E-state index is 13.5. The normalized spacial score (nSPS) is 11.7. The number of carbonyl (C=O) groups excluding carboxylic acids is 2. The number of carbonyl (C=O) groups is 2.